The first-order valence-corrected chi connectivity index (χ1v) is 7.79. The van der Waals surface area contributed by atoms with Gasteiger partial charge in [0.2, 0.25) is 5.91 Å². The molecule has 1 saturated heterocycles. The fourth-order valence-electron chi connectivity index (χ4n) is 2.61. The molecule has 0 saturated carbocycles. The summed E-state index contributed by atoms with van der Waals surface area (Å²) in [6.07, 6.45) is 0.442. The van der Waals surface area contributed by atoms with E-state index in [0.29, 0.717) is 31.6 Å². The second-order valence-corrected chi connectivity index (χ2v) is 5.72. The number of hydrogen-bond donors (Lipinski definition) is 1. The molecule has 6 nitrogen and oxygen atoms in total. The summed E-state index contributed by atoms with van der Waals surface area (Å²) in [4.78, 5) is 37.9. The van der Waals surface area contributed by atoms with Crippen LogP contribution in [0.2, 0.25) is 0 Å². The van der Waals surface area contributed by atoms with Crippen LogP contribution in [-0.4, -0.2) is 48.9 Å². The lowest BCUT2D eigenvalue weighted by molar-refractivity contribution is -0.159. The quantitative estimate of drug-likeness (QED) is 0.632. The average molecular weight is 318 g/mol. The Bertz CT molecular complexity index is 588. The van der Waals surface area contributed by atoms with Gasteiger partial charge in [-0.25, -0.2) is 0 Å². The molecule has 1 N–H and O–H groups in total. The fraction of sp³-hybridized carbons (Fsp3) is 0.471. The lowest BCUT2D eigenvalue weighted by Crippen LogP contribution is -2.42. The third kappa shape index (κ3) is 3.70. The third-order valence-corrected chi connectivity index (χ3v) is 4.07. The Morgan fingerprint density at radius 3 is 2.65 bits per heavy atom. The largest absolute Gasteiger partial charge is 0.465 e. The van der Waals surface area contributed by atoms with E-state index in [-0.39, 0.29) is 18.4 Å². The van der Waals surface area contributed by atoms with Gasteiger partial charge in [-0.1, -0.05) is 18.2 Å². The van der Waals surface area contributed by atoms with Gasteiger partial charge >= 0.3 is 5.97 Å². The van der Waals surface area contributed by atoms with E-state index >= 15 is 0 Å². The van der Waals surface area contributed by atoms with Gasteiger partial charge in [-0.2, -0.15) is 0 Å². The Kier molecular flexibility index (Phi) is 5.36. The number of hydrogen-bond acceptors (Lipinski definition) is 4. The molecule has 1 aliphatic rings. The van der Waals surface area contributed by atoms with E-state index in [1.807, 2.05) is 6.07 Å². The maximum absolute atomic E-state index is 12.4. The summed E-state index contributed by atoms with van der Waals surface area (Å²) in [5, 5.41) is 2.78. The Labute approximate surface area is 135 Å². The molecule has 6 heteroatoms. The van der Waals surface area contributed by atoms with Crippen molar-refractivity contribution in [3.05, 3.63) is 35.9 Å². The minimum absolute atomic E-state index is 0.176. The summed E-state index contributed by atoms with van der Waals surface area (Å²) in [7, 11) is 0. The molecule has 1 aromatic carbocycles. The summed E-state index contributed by atoms with van der Waals surface area (Å²) >= 11 is 0. The van der Waals surface area contributed by atoms with E-state index in [4.69, 9.17) is 4.74 Å². The molecule has 1 unspecified atom stereocenters. The van der Waals surface area contributed by atoms with Crippen LogP contribution in [0.15, 0.2) is 30.3 Å². The number of nitrogens with one attached hydrogen (secondary N) is 1. The van der Waals surface area contributed by atoms with Crippen molar-refractivity contribution >= 4 is 17.8 Å². The number of carbonyl (C=O) groups excluding carboxylic acids is 3. The van der Waals surface area contributed by atoms with Crippen LogP contribution in [0.25, 0.3) is 0 Å². The second-order valence-electron chi connectivity index (χ2n) is 5.72. The molecule has 0 aliphatic carbocycles. The van der Waals surface area contributed by atoms with E-state index in [2.05, 4.69) is 5.32 Å². The van der Waals surface area contributed by atoms with E-state index in [1.54, 1.807) is 43.0 Å². The van der Waals surface area contributed by atoms with Gasteiger partial charge in [0.15, 0.2) is 0 Å². The molecule has 23 heavy (non-hydrogen) atoms. The van der Waals surface area contributed by atoms with Crippen molar-refractivity contribution in [1.29, 1.82) is 0 Å². The summed E-state index contributed by atoms with van der Waals surface area (Å²) in [6.45, 7) is 4.82. The van der Waals surface area contributed by atoms with Crippen molar-refractivity contribution in [3.63, 3.8) is 0 Å². The monoisotopic (exact) mass is 318 g/mol. The van der Waals surface area contributed by atoms with Crippen LogP contribution in [0.4, 0.5) is 0 Å². The molecule has 0 spiro atoms. The molecular weight excluding hydrogens is 296 g/mol. The van der Waals surface area contributed by atoms with Gasteiger partial charge in [-0.15, -0.1) is 0 Å². The summed E-state index contributed by atoms with van der Waals surface area (Å²) < 4.78 is 4.99. The van der Waals surface area contributed by atoms with Crippen LogP contribution in [0.5, 0.6) is 0 Å². The number of carbonyl (C=O) groups is 3. The van der Waals surface area contributed by atoms with Crippen LogP contribution in [0.3, 0.4) is 0 Å². The van der Waals surface area contributed by atoms with Gasteiger partial charge in [0.1, 0.15) is 5.41 Å². The number of ether oxygens (including phenoxy) is 1. The maximum atomic E-state index is 12.4. The van der Waals surface area contributed by atoms with Crippen LogP contribution in [0.1, 0.15) is 30.6 Å². The number of esters is 1. The van der Waals surface area contributed by atoms with Crippen LogP contribution >= 0.6 is 0 Å². The fourth-order valence-corrected chi connectivity index (χ4v) is 2.61. The molecule has 1 fully saturated rings. The molecular formula is C17H22N2O4. The van der Waals surface area contributed by atoms with E-state index in [9.17, 15) is 14.4 Å². The number of rotatable bonds is 6. The zero-order valence-electron chi connectivity index (χ0n) is 13.5. The van der Waals surface area contributed by atoms with E-state index in [0.717, 1.165) is 0 Å². The molecule has 0 bridgehead atoms. The normalized spacial score (nSPS) is 20.4. The Balaban J connectivity index is 1.84. The van der Waals surface area contributed by atoms with Gasteiger partial charge in [0, 0.05) is 25.2 Å². The number of likely N-dealkylation sites (tertiary alicyclic amines) is 1. The second kappa shape index (κ2) is 7.26. The molecule has 0 radical (unpaired) electrons. The zero-order chi connectivity index (χ0) is 16.9. The minimum atomic E-state index is -1.10. The van der Waals surface area contributed by atoms with Crippen molar-refractivity contribution in [2.24, 2.45) is 5.41 Å². The first-order valence-electron chi connectivity index (χ1n) is 7.79. The van der Waals surface area contributed by atoms with Crippen molar-refractivity contribution in [3.8, 4) is 0 Å². The number of benzene rings is 1. The maximum Gasteiger partial charge on any atom is 0.321 e. The zero-order valence-corrected chi connectivity index (χ0v) is 13.5. The predicted octanol–water partition coefficient (Wildman–Crippen LogP) is 1.22. The smallest absolute Gasteiger partial charge is 0.321 e. The van der Waals surface area contributed by atoms with Crippen LogP contribution in [0, 0.1) is 5.41 Å². The summed E-state index contributed by atoms with van der Waals surface area (Å²) in [5.41, 5.74) is -0.518. The standard InChI is InChI=1S/C17H22N2O4/c1-3-23-16(22)17(2)9-11-19(15(17)21)12-10-18-14(20)13-7-5-4-6-8-13/h4-8H,3,9-12H2,1-2H3,(H,18,20). The van der Waals surface area contributed by atoms with Crippen LogP contribution < -0.4 is 5.32 Å². The molecule has 1 aliphatic heterocycles. The average Bonchev–Trinajstić information content (AvgIpc) is 2.85. The highest BCUT2D eigenvalue weighted by Gasteiger charge is 2.49. The van der Waals surface area contributed by atoms with Gasteiger partial charge in [-0.3, -0.25) is 14.4 Å². The highest BCUT2D eigenvalue weighted by Crippen LogP contribution is 2.32. The van der Waals surface area contributed by atoms with Crippen molar-refractivity contribution < 1.29 is 19.1 Å². The van der Waals surface area contributed by atoms with Crippen molar-refractivity contribution in [1.82, 2.24) is 10.2 Å². The van der Waals surface area contributed by atoms with E-state index in [1.165, 1.54) is 0 Å². The molecule has 1 heterocycles. The predicted molar refractivity (Wildman–Crippen MR) is 84.7 cm³/mol. The minimum Gasteiger partial charge on any atom is -0.465 e. The first kappa shape index (κ1) is 17.0. The highest BCUT2D eigenvalue weighted by molar-refractivity contribution is 6.03. The molecule has 124 valence electrons. The van der Waals surface area contributed by atoms with E-state index < -0.39 is 11.4 Å². The van der Waals surface area contributed by atoms with Gasteiger partial charge in [-0.05, 0) is 32.4 Å². The SMILES string of the molecule is CCOC(=O)C1(C)CCN(CCNC(=O)c2ccccc2)C1=O. The topological polar surface area (TPSA) is 75.7 Å². The first-order chi connectivity index (χ1) is 11.0. The molecule has 1 atom stereocenters. The van der Waals surface area contributed by atoms with Crippen molar-refractivity contribution in [2.45, 2.75) is 20.3 Å². The van der Waals surface area contributed by atoms with Gasteiger partial charge in [0.05, 0.1) is 6.61 Å². The lowest BCUT2D eigenvalue weighted by Gasteiger charge is -2.21. The van der Waals surface area contributed by atoms with Gasteiger partial charge in [0.25, 0.3) is 5.91 Å². The Hall–Kier alpha value is -2.37. The van der Waals surface area contributed by atoms with Crippen molar-refractivity contribution in [2.75, 3.05) is 26.2 Å². The Morgan fingerprint density at radius 2 is 2.00 bits per heavy atom. The molecule has 2 amide bonds. The molecule has 0 aromatic heterocycles. The van der Waals surface area contributed by atoms with Gasteiger partial charge < -0.3 is 15.0 Å². The number of amides is 2. The number of nitrogens with zero attached hydrogens (tertiary/aromatic N) is 1. The third-order valence-electron chi connectivity index (χ3n) is 4.07. The summed E-state index contributed by atoms with van der Waals surface area (Å²) in [5.74, 6) is -0.879. The molecule has 1 aromatic rings. The Morgan fingerprint density at radius 1 is 1.30 bits per heavy atom. The summed E-state index contributed by atoms with van der Waals surface area (Å²) in [6, 6.07) is 8.89. The van der Waals surface area contributed by atoms with Crippen LogP contribution in [-0.2, 0) is 14.3 Å². The highest BCUT2D eigenvalue weighted by atomic mass is 16.5. The molecule has 2 rings (SSSR count). The lowest BCUT2D eigenvalue weighted by atomic mass is 9.89.